The molecule has 0 spiro atoms. The van der Waals surface area contributed by atoms with Gasteiger partial charge in [-0.25, -0.2) is 0 Å². The number of nitrogens with zero attached hydrogens (tertiary/aromatic N) is 1. The fourth-order valence-electron chi connectivity index (χ4n) is 4.42. The van der Waals surface area contributed by atoms with E-state index in [1.165, 1.54) is 5.56 Å². The van der Waals surface area contributed by atoms with E-state index in [2.05, 4.69) is 37.5 Å². The van der Waals surface area contributed by atoms with Crippen molar-refractivity contribution in [1.29, 1.82) is 0 Å². The molecule has 0 aromatic heterocycles. The van der Waals surface area contributed by atoms with Crippen LogP contribution in [-0.2, 0) is 11.2 Å². The molecular weight excluding hydrogens is 342 g/mol. The molecule has 1 aliphatic carbocycles. The van der Waals surface area contributed by atoms with Crippen molar-refractivity contribution in [1.82, 2.24) is 10.6 Å². The van der Waals surface area contributed by atoms with Gasteiger partial charge < -0.3 is 24.8 Å². The van der Waals surface area contributed by atoms with Gasteiger partial charge in [-0.1, -0.05) is 19.9 Å². The molecule has 3 rings (SSSR count). The van der Waals surface area contributed by atoms with Crippen molar-refractivity contribution < 1.29 is 14.2 Å². The fraction of sp³-hybridized carbons (Fsp3) is 0.667. The number of rotatable bonds is 7. The maximum absolute atomic E-state index is 5.90. The first kappa shape index (κ1) is 19.8. The van der Waals surface area contributed by atoms with E-state index < -0.39 is 0 Å². The van der Waals surface area contributed by atoms with E-state index >= 15 is 0 Å². The molecule has 6 nitrogen and oxygen atoms in total. The molecule has 1 saturated heterocycles. The van der Waals surface area contributed by atoms with Crippen LogP contribution in [0.5, 0.6) is 11.5 Å². The van der Waals surface area contributed by atoms with Crippen LogP contribution in [0.25, 0.3) is 0 Å². The van der Waals surface area contributed by atoms with Gasteiger partial charge in [0.05, 0.1) is 20.3 Å². The summed E-state index contributed by atoms with van der Waals surface area (Å²) >= 11 is 0. The topological polar surface area (TPSA) is 64.1 Å². The van der Waals surface area contributed by atoms with E-state index in [0.29, 0.717) is 24.6 Å². The predicted molar refractivity (Wildman–Crippen MR) is 108 cm³/mol. The number of aliphatic imine (C=N–C) groups is 1. The summed E-state index contributed by atoms with van der Waals surface area (Å²) in [6.45, 7) is 9.10. The van der Waals surface area contributed by atoms with Crippen LogP contribution in [-0.4, -0.2) is 52.0 Å². The maximum atomic E-state index is 5.90. The zero-order chi connectivity index (χ0) is 19.4. The van der Waals surface area contributed by atoms with Gasteiger partial charge in [0.2, 0.25) is 0 Å². The Labute approximate surface area is 162 Å². The van der Waals surface area contributed by atoms with E-state index in [1.807, 2.05) is 12.1 Å². The Morgan fingerprint density at radius 3 is 2.74 bits per heavy atom. The standard InChI is InChI=1S/C21H33N3O3/c1-6-22-20(24-18-15-10-12-27-19(15)21(18,2)3)23-11-9-14-7-8-16(25-4)17(13-14)26-5/h7-8,13,15,18-19H,6,9-12H2,1-5H3,(H2,22,23,24). The smallest absolute Gasteiger partial charge is 0.191 e. The first-order chi connectivity index (χ1) is 13.0. The Balaban J connectivity index is 1.61. The molecule has 0 bridgehead atoms. The third-order valence-corrected chi connectivity index (χ3v) is 5.86. The summed E-state index contributed by atoms with van der Waals surface area (Å²) < 4.78 is 16.6. The number of ether oxygens (including phenoxy) is 3. The summed E-state index contributed by atoms with van der Waals surface area (Å²) in [5, 5.41) is 7.04. The third-order valence-electron chi connectivity index (χ3n) is 5.86. The lowest BCUT2D eigenvalue weighted by atomic mass is 9.57. The Morgan fingerprint density at radius 2 is 2.04 bits per heavy atom. The minimum absolute atomic E-state index is 0.140. The Kier molecular flexibility index (Phi) is 6.15. The van der Waals surface area contributed by atoms with Gasteiger partial charge in [0.25, 0.3) is 0 Å². The molecule has 1 aliphatic heterocycles. The van der Waals surface area contributed by atoms with Gasteiger partial charge >= 0.3 is 0 Å². The zero-order valence-electron chi connectivity index (χ0n) is 17.2. The van der Waals surface area contributed by atoms with E-state index in [9.17, 15) is 0 Å². The number of hydrogen-bond donors (Lipinski definition) is 2. The largest absolute Gasteiger partial charge is 0.493 e. The van der Waals surface area contributed by atoms with Crippen molar-refractivity contribution in [2.24, 2.45) is 16.3 Å². The van der Waals surface area contributed by atoms with Crippen molar-refractivity contribution >= 4 is 5.96 Å². The summed E-state index contributed by atoms with van der Waals surface area (Å²) in [7, 11) is 3.31. The van der Waals surface area contributed by atoms with Crippen LogP contribution in [0, 0.1) is 11.3 Å². The van der Waals surface area contributed by atoms with Crippen molar-refractivity contribution in [3.05, 3.63) is 23.8 Å². The summed E-state index contributed by atoms with van der Waals surface area (Å²) in [4.78, 5) is 4.79. The van der Waals surface area contributed by atoms with Gasteiger partial charge in [0.15, 0.2) is 17.5 Å². The molecule has 1 saturated carbocycles. The number of benzene rings is 1. The molecule has 1 aromatic rings. The average molecular weight is 376 g/mol. The van der Waals surface area contributed by atoms with E-state index in [1.54, 1.807) is 14.2 Å². The highest BCUT2D eigenvalue weighted by molar-refractivity contribution is 5.80. The molecule has 1 aromatic carbocycles. The van der Waals surface area contributed by atoms with Gasteiger partial charge in [-0.3, -0.25) is 4.99 Å². The van der Waals surface area contributed by atoms with E-state index in [-0.39, 0.29) is 5.41 Å². The summed E-state index contributed by atoms with van der Waals surface area (Å²) in [5.74, 6) is 2.99. The van der Waals surface area contributed by atoms with Gasteiger partial charge in [-0.15, -0.1) is 0 Å². The lowest BCUT2D eigenvalue weighted by molar-refractivity contribution is -0.106. The third kappa shape index (κ3) is 4.00. The van der Waals surface area contributed by atoms with Crippen molar-refractivity contribution in [3.8, 4) is 11.5 Å². The normalized spacial score (nSPS) is 26.1. The number of hydrogen-bond acceptors (Lipinski definition) is 4. The molecule has 3 unspecified atom stereocenters. The van der Waals surface area contributed by atoms with Gasteiger partial charge in [-0.05, 0) is 37.5 Å². The van der Waals surface area contributed by atoms with Gasteiger partial charge in [0.1, 0.15) is 0 Å². The van der Waals surface area contributed by atoms with Crippen LogP contribution < -0.4 is 20.1 Å². The van der Waals surface area contributed by atoms with Crippen LogP contribution in [0.3, 0.4) is 0 Å². The molecule has 2 aliphatic rings. The monoisotopic (exact) mass is 375 g/mol. The highest BCUT2D eigenvalue weighted by Gasteiger charge is 2.59. The lowest BCUT2D eigenvalue weighted by Gasteiger charge is -2.54. The minimum atomic E-state index is 0.140. The number of guanidine groups is 1. The molecule has 3 atom stereocenters. The highest BCUT2D eigenvalue weighted by Crippen LogP contribution is 2.52. The molecular formula is C21H33N3O3. The van der Waals surface area contributed by atoms with Gasteiger partial charge in [0, 0.05) is 37.1 Å². The molecule has 27 heavy (non-hydrogen) atoms. The first-order valence-electron chi connectivity index (χ1n) is 9.88. The summed E-state index contributed by atoms with van der Waals surface area (Å²) in [6, 6.07) is 6.43. The molecule has 150 valence electrons. The highest BCUT2D eigenvalue weighted by atomic mass is 16.5. The summed E-state index contributed by atoms with van der Waals surface area (Å²) in [5.41, 5.74) is 1.32. The van der Waals surface area contributed by atoms with Crippen LogP contribution in [0.1, 0.15) is 32.8 Å². The molecule has 0 amide bonds. The summed E-state index contributed by atoms with van der Waals surface area (Å²) in [6.07, 6.45) is 2.36. The molecule has 2 fully saturated rings. The van der Waals surface area contributed by atoms with Crippen molar-refractivity contribution in [2.45, 2.75) is 45.8 Å². The van der Waals surface area contributed by atoms with Crippen LogP contribution >= 0.6 is 0 Å². The Hall–Kier alpha value is -1.95. The second-order valence-electron chi connectivity index (χ2n) is 7.89. The number of fused-ring (bicyclic) bond motifs is 1. The minimum Gasteiger partial charge on any atom is -0.493 e. The lowest BCUT2D eigenvalue weighted by Crippen LogP contribution is -2.68. The fourth-order valence-corrected chi connectivity index (χ4v) is 4.42. The van der Waals surface area contributed by atoms with Crippen molar-refractivity contribution in [2.75, 3.05) is 33.9 Å². The quantitative estimate of drug-likeness (QED) is 0.567. The SMILES string of the molecule is CCNC(=NCCc1ccc(OC)c(OC)c1)NC1C2CCOC2C1(C)C. The van der Waals surface area contributed by atoms with Gasteiger partial charge in [-0.2, -0.15) is 0 Å². The Morgan fingerprint density at radius 1 is 1.26 bits per heavy atom. The number of nitrogens with one attached hydrogen (secondary N) is 2. The van der Waals surface area contributed by atoms with Crippen molar-refractivity contribution in [3.63, 3.8) is 0 Å². The maximum Gasteiger partial charge on any atom is 0.191 e. The molecule has 1 heterocycles. The van der Waals surface area contributed by atoms with Crippen LogP contribution in [0.15, 0.2) is 23.2 Å². The number of methoxy groups -OCH3 is 2. The average Bonchev–Trinajstić information content (AvgIpc) is 3.13. The molecule has 0 radical (unpaired) electrons. The first-order valence-corrected chi connectivity index (χ1v) is 9.88. The Bertz CT molecular complexity index is 675. The molecule has 2 N–H and O–H groups in total. The zero-order valence-corrected chi connectivity index (χ0v) is 17.2. The second-order valence-corrected chi connectivity index (χ2v) is 7.89. The second kappa shape index (κ2) is 8.38. The predicted octanol–water partition coefficient (Wildman–Crippen LogP) is 2.61. The molecule has 6 heteroatoms. The van der Waals surface area contributed by atoms with E-state index in [4.69, 9.17) is 19.2 Å². The van der Waals surface area contributed by atoms with Crippen LogP contribution in [0.2, 0.25) is 0 Å². The van der Waals surface area contributed by atoms with Crippen LogP contribution in [0.4, 0.5) is 0 Å². The van der Waals surface area contributed by atoms with E-state index in [0.717, 1.165) is 43.5 Å².